The van der Waals surface area contributed by atoms with Crippen LogP contribution in [0.5, 0.6) is 0 Å². The summed E-state index contributed by atoms with van der Waals surface area (Å²) < 4.78 is 0. The third-order valence-electron chi connectivity index (χ3n) is 4.41. The number of nitrogens with one attached hydrogen (secondary N) is 1. The van der Waals surface area contributed by atoms with E-state index in [0.29, 0.717) is 6.54 Å². The fourth-order valence-electron chi connectivity index (χ4n) is 3.18. The number of rotatable bonds is 7. The van der Waals surface area contributed by atoms with E-state index in [1.54, 1.807) is 0 Å². The summed E-state index contributed by atoms with van der Waals surface area (Å²) in [6.07, 6.45) is 3.57. The Balaban J connectivity index is 1.89. The molecule has 2 rings (SSSR count). The molecule has 0 aromatic heterocycles. The first kappa shape index (κ1) is 17.5. The summed E-state index contributed by atoms with van der Waals surface area (Å²) in [6, 6.07) is 10.2. The molecular formula is C18H27N3O2. The van der Waals surface area contributed by atoms with Gasteiger partial charge in [0.25, 0.3) is 0 Å². The fourth-order valence-corrected chi connectivity index (χ4v) is 3.18. The molecule has 1 atom stereocenters. The van der Waals surface area contributed by atoms with Crippen molar-refractivity contribution in [3.63, 3.8) is 0 Å². The molecule has 5 heteroatoms. The molecule has 2 amide bonds. The lowest BCUT2D eigenvalue weighted by Gasteiger charge is -2.32. The van der Waals surface area contributed by atoms with Gasteiger partial charge in [-0.25, -0.2) is 0 Å². The Morgan fingerprint density at radius 3 is 2.48 bits per heavy atom. The van der Waals surface area contributed by atoms with E-state index in [4.69, 9.17) is 5.73 Å². The zero-order valence-electron chi connectivity index (χ0n) is 13.8. The predicted octanol–water partition coefficient (Wildman–Crippen LogP) is 1.64. The van der Waals surface area contributed by atoms with Crippen LogP contribution >= 0.6 is 0 Å². The molecule has 0 aliphatic carbocycles. The summed E-state index contributed by atoms with van der Waals surface area (Å²) in [5.41, 5.74) is 6.31. The van der Waals surface area contributed by atoms with Gasteiger partial charge in [0.1, 0.15) is 0 Å². The maximum atomic E-state index is 12.7. The molecule has 0 radical (unpaired) electrons. The largest absolute Gasteiger partial charge is 0.369 e. The van der Waals surface area contributed by atoms with Gasteiger partial charge in [0.05, 0.1) is 12.5 Å². The molecular weight excluding hydrogens is 290 g/mol. The van der Waals surface area contributed by atoms with E-state index >= 15 is 0 Å². The molecule has 1 heterocycles. The zero-order valence-corrected chi connectivity index (χ0v) is 13.8. The minimum atomic E-state index is -0.292. The van der Waals surface area contributed by atoms with Crippen molar-refractivity contribution in [3.8, 4) is 0 Å². The van der Waals surface area contributed by atoms with Crippen LogP contribution in [0.2, 0.25) is 0 Å². The van der Waals surface area contributed by atoms with Gasteiger partial charge in [-0.05, 0) is 24.8 Å². The molecule has 1 aliphatic rings. The van der Waals surface area contributed by atoms with Crippen LogP contribution in [-0.2, 0) is 9.59 Å². The van der Waals surface area contributed by atoms with E-state index in [9.17, 15) is 9.59 Å². The third-order valence-corrected chi connectivity index (χ3v) is 4.41. The van der Waals surface area contributed by atoms with Gasteiger partial charge in [-0.15, -0.1) is 0 Å². The summed E-state index contributed by atoms with van der Waals surface area (Å²) in [7, 11) is 0. The average molecular weight is 317 g/mol. The second kappa shape index (κ2) is 8.67. The highest BCUT2D eigenvalue weighted by molar-refractivity contribution is 5.83. The molecule has 0 unspecified atom stereocenters. The van der Waals surface area contributed by atoms with Crippen LogP contribution in [0.3, 0.4) is 0 Å². The Bertz CT molecular complexity index is 510. The zero-order chi connectivity index (χ0) is 16.7. The highest BCUT2D eigenvalue weighted by Gasteiger charge is 2.25. The Hall–Kier alpha value is -1.88. The van der Waals surface area contributed by atoms with Crippen molar-refractivity contribution >= 4 is 11.8 Å². The van der Waals surface area contributed by atoms with Gasteiger partial charge >= 0.3 is 0 Å². The van der Waals surface area contributed by atoms with Crippen LogP contribution in [0.15, 0.2) is 30.3 Å². The number of benzene rings is 1. The molecule has 1 aliphatic heterocycles. The summed E-state index contributed by atoms with van der Waals surface area (Å²) in [5, 5.41) is 3.19. The van der Waals surface area contributed by atoms with Crippen molar-refractivity contribution in [1.82, 2.24) is 10.2 Å². The Kier molecular flexibility index (Phi) is 6.59. The maximum absolute atomic E-state index is 12.7. The topological polar surface area (TPSA) is 75.4 Å². The molecule has 1 aromatic rings. The quantitative estimate of drug-likeness (QED) is 0.802. The molecule has 1 saturated heterocycles. The van der Waals surface area contributed by atoms with Gasteiger partial charge in [-0.3, -0.25) is 14.5 Å². The van der Waals surface area contributed by atoms with E-state index in [2.05, 4.69) is 12.2 Å². The van der Waals surface area contributed by atoms with Gasteiger partial charge in [0.15, 0.2) is 0 Å². The van der Waals surface area contributed by atoms with Crippen molar-refractivity contribution in [2.45, 2.75) is 44.6 Å². The first-order chi connectivity index (χ1) is 11.1. The normalized spacial score (nSPS) is 17.6. The number of nitrogens with zero attached hydrogens (tertiary/aromatic N) is 1. The average Bonchev–Trinajstić information content (AvgIpc) is 2.54. The van der Waals surface area contributed by atoms with E-state index in [1.165, 1.54) is 0 Å². The maximum Gasteiger partial charge on any atom is 0.231 e. The lowest BCUT2D eigenvalue weighted by molar-refractivity contribution is -0.124. The second-order valence-corrected chi connectivity index (χ2v) is 6.28. The second-order valence-electron chi connectivity index (χ2n) is 6.28. The minimum absolute atomic E-state index is 0.0788. The van der Waals surface area contributed by atoms with Crippen molar-refractivity contribution in [1.29, 1.82) is 0 Å². The Labute approximate surface area is 138 Å². The van der Waals surface area contributed by atoms with Gasteiger partial charge < -0.3 is 11.1 Å². The molecule has 23 heavy (non-hydrogen) atoms. The number of likely N-dealkylation sites (tertiary alicyclic amines) is 1. The Morgan fingerprint density at radius 2 is 1.91 bits per heavy atom. The number of nitrogens with two attached hydrogens (primary N) is 1. The van der Waals surface area contributed by atoms with Crippen LogP contribution in [0.4, 0.5) is 0 Å². The van der Waals surface area contributed by atoms with E-state index in [-0.39, 0.29) is 23.8 Å². The summed E-state index contributed by atoms with van der Waals surface area (Å²) in [4.78, 5) is 25.7. The molecule has 0 saturated carbocycles. The van der Waals surface area contributed by atoms with Crippen LogP contribution < -0.4 is 11.1 Å². The van der Waals surface area contributed by atoms with Crippen molar-refractivity contribution in [3.05, 3.63) is 35.9 Å². The van der Waals surface area contributed by atoms with Gasteiger partial charge in [0, 0.05) is 19.1 Å². The van der Waals surface area contributed by atoms with E-state index in [0.717, 1.165) is 44.3 Å². The molecule has 126 valence electrons. The number of carbonyl (C=O) groups is 2. The standard InChI is InChI=1S/C18H27N3O2/c1-2-6-16(14-7-4-3-5-8-14)18(23)20-15-9-11-21(12-10-15)13-17(19)22/h3-5,7-8,15-16H,2,6,9-13H2,1H3,(H2,19,22)(H,20,23)/t16-/m1/s1. The molecule has 1 fully saturated rings. The number of piperidine rings is 1. The number of primary amides is 1. The number of hydrogen-bond donors (Lipinski definition) is 2. The number of carbonyl (C=O) groups excluding carboxylic acids is 2. The Morgan fingerprint density at radius 1 is 1.26 bits per heavy atom. The first-order valence-electron chi connectivity index (χ1n) is 8.46. The minimum Gasteiger partial charge on any atom is -0.369 e. The van der Waals surface area contributed by atoms with Crippen LogP contribution in [0.1, 0.15) is 44.1 Å². The van der Waals surface area contributed by atoms with Crippen molar-refractivity contribution in [2.75, 3.05) is 19.6 Å². The summed E-state index contributed by atoms with van der Waals surface area (Å²) in [5.74, 6) is -0.254. The van der Waals surface area contributed by atoms with Crippen LogP contribution in [0, 0.1) is 0 Å². The highest BCUT2D eigenvalue weighted by atomic mass is 16.2. The predicted molar refractivity (Wildman–Crippen MR) is 90.9 cm³/mol. The van der Waals surface area contributed by atoms with Crippen molar-refractivity contribution < 1.29 is 9.59 Å². The molecule has 0 bridgehead atoms. The lowest BCUT2D eigenvalue weighted by atomic mass is 9.92. The SMILES string of the molecule is CCC[C@@H](C(=O)NC1CCN(CC(N)=O)CC1)c1ccccc1. The molecule has 1 aromatic carbocycles. The summed E-state index contributed by atoms with van der Waals surface area (Å²) in [6.45, 7) is 4.02. The molecule has 5 nitrogen and oxygen atoms in total. The molecule has 0 spiro atoms. The lowest BCUT2D eigenvalue weighted by Crippen LogP contribution is -2.47. The monoisotopic (exact) mass is 317 g/mol. The van der Waals surface area contributed by atoms with Crippen LogP contribution in [0.25, 0.3) is 0 Å². The van der Waals surface area contributed by atoms with Gasteiger partial charge in [-0.2, -0.15) is 0 Å². The van der Waals surface area contributed by atoms with Crippen molar-refractivity contribution in [2.24, 2.45) is 5.73 Å². The van der Waals surface area contributed by atoms with Gasteiger partial charge in [0.2, 0.25) is 11.8 Å². The van der Waals surface area contributed by atoms with Crippen LogP contribution in [-0.4, -0.2) is 42.4 Å². The third kappa shape index (κ3) is 5.36. The number of amides is 2. The van der Waals surface area contributed by atoms with E-state index in [1.807, 2.05) is 35.2 Å². The molecule has 3 N–H and O–H groups in total. The first-order valence-corrected chi connectivity index (χ1v) is 8.46. The fraction of sp³-hybridized carbons (Fsp3) is 0.556. The summed E-state index contributed by atoms with van der Waals surface area (Å²) >= 11 is 0. The smallest absolute Gasteiger partial charge is 0.231 e. The van der Waals surface area contributed by atoms with Gasteiger partial charge in [-0.1, -0.05) is 43.7 Å². The highest BCUT2D eigenvalue weighted by Crippen LogP contribution is 2.22. The van der Waals surface area contributed by atoms with E-state index < -0.39 is 0 Å². The number of hydrogen-bond acceptors (Lipinski definition) is 3.